The van der Waals surface area contributed by atoms with Crippen molar-refractivity contribution in [1.82, 2.24) is 15.3 Å². The molecule has 32 heavy (non-hydrogen) atoms. The molecule has 2 aromatic carbocycles. The number of aromatic nitrogens is 2. The highest BCUT2D eigenvalue weighted by molar-refractivity contribution is 6.31. The molecule has 1 aliphatic heterocycles. The molecule has 0 saturated carbocycles. The first-order valence-corrected chi connectivity index (χ1v) is 11.0. The molecule has 1 fully saturated rings. The number of hydrogen-bond acceptors (Lipinski definition) is 5. The zero-order valence-electron chi connectivity index (χ0n) is 17.5. The maximum absolute atomic E-state index is 14.3. The fourth-order valence-electron chi connectivity index (χ4n) is 4.03. The van der Waals surface area contributed by atoms with Gasteiger partial charge in [0.25, 0.3) is 0 Å². The van der Waals surface area contributed by atoms with Crippen LogP contribution in [0.1, 0.15) is 11.3 Å². The summed E-state index contributed by atoms with van der Waals surface area (Å²) in [6, 6.07) is 17.0. The summed E-state index contributed by atoms with van der Waals surface area (Å²) in [5.41, 5.74) is 3.32. The van der Waals surface area contributed by atoms with Gasteiger partial charge in [-0.1, -0.05) is 17.7 Å². The van der Waals surface area contributed by atoms with E-state index in [2.05, 4.69) is 44.8 Å². The Labute approximate surface area is 191 Å². The van der Waals surface area contributed by atoms with Gasteiger partial charge < -0.3 is 15.5 Å². The molecule has 7 heteroatoms. The quantitative estimate of drug-likeness (QED) is 0.442. The Hall–Kier alpha value is -3.22. The summed E-state index contributed by atoms with van der Waals surface area (Å²) < 4.78 is 14.3. The second kappa shape index (κ2) is 9.10. The zero-order valence-corrected chi connectivity index (χ0v) is 18.2. The SMILES string of the molecule is Fc1cccc(Cl)c1Cc1cc2ccncc2c(Nc2ccc(N3CCNCC3)cc2)n1. The fourth-order valence-corrected chi connectivity index (χ4v) is 4.26. The van der Waals surface area contributed by atoms with Crippen LogP contribution in [0.15, 0.2) is 67.0 Å². The highest BCUT2D eigenvalue weighted by atomic mass is 35.5. The Morgan fingerprint density at radius 2 is 1.88 bits per heavy atom. The summed E-state index contributed by atoms with van der Waals surface area (Å²) in [6.07, 6.45) is 3.84. The number of nitrogens with zero attached hydrogens (tertiary/aromatic N) is 3. The standard InChI is InChI=1S/C25H23ClFN5/c26-23-2-1-3-24(27)21(23)15-19-14-17-8-9-29-16-22(17)25(31-19)30-18-4-6-20(7-5-18)32-12-10-28-11-13-32/h1-9,14,16,28H,10-13,15H2,(H,30,31). The molecule has 2 aromatic heterocycles. The fraction of sp³-hybridized carbons (Fsp3) is 0.200. The van der Waals surface area contributed by atoms with Crippen LogP contribution in [-0.4, -0.2) is 36.1 Å². The highest BCUT2D eigenvalue weighted by Gasteiger charge is 2.13. The third-order valence-corrected chi connectivity index (χ3v) is 6.07. The lowest BCUT2D eigenvalue weighted by Gasteiger charge is -2.29. The van der Waals surface area contributed by atoms with E-state index < -0.39 is 0 Å². The van der Waals surface area contributed by atoms with Crippen molar-refractivity contribution in [2.24, 2.45) is 0 Å². The highest BCUT2D eigenvalue weighted by Crippen LogP contribution is 2.29. The molecule has 0 unspecified atom stereocenters. The van der Waals surface area contributed by atoms with Gasteiger partial charge in [-0.25, -0.2) is 9.37 Å². The number of piperazine rings is 1. The van der Waals surface area contributed by atoms with E-state index >= 15 is 0 Å². The second-order valence-electron chi connectivity index (χ2n) is 7.84. The second-order valence-corrected chi connectivity index (χ2v) is 8.25. The van der Waals surface area contributed by atoms with Gasteiger partial charge in [0.05, 0.1) is 0 Å². The normalized spacial score (nSPS) is 14.0. The Bertz CT molecular complexity index is 1220. The number of pyridine rings is 2. The van der Waals surface area contributed by atoms with Gasteiger partial charge in [0.15, 0.2) is 0 Å². The van der Waals surface area contributed by atoms with Crippen LogP contribution in [0.3, 0.4) is 0 Å². The summed E-state index contributed by atoms with van der Waals surface area (Å²) in [5.74, 6) is 0.361. The Morgan fingerprint density at radius 1 is 1.06 bits per heavy atom. The number of rotatable bonds is 5. The third kappa shape index (κ3) is 4.38. The zero-order chi connectivity index (χ0) is 21.9. The number of anilines is 3. The van der Waals surface area contributed by atoms with E-state index in [9.17, 15) is 4.39 Å². The minimum absolute atomic E-state index is 0.306. The Kier molecular flexibility index (Phi) is 5.88. The molecule has 0 radical (unpaired) electrons. The van der Waals surface area contributed by atoms with Crippen LogP contribution in [0.5, 0.6) is 0 Å². The summed E-state index contributed by atoms with van der Waals surface area (Å²) in [5, 5.41) is 9.09. The summed E-state index contributed by atoms with van der Waals surface area (Å²) >= 11 is 6.24. The first-order valence-electron chi connectivity index (χ1n) is 10.7. The van der Waals surface area contributed by atoms with Crippen molar-refractivity contribution >= 4 is 39.6 Å². The number of halogens is 2. The van der Waals surface area contributed by atoms with Crippen LogP contribution in [0.2, 0.25) is 5.02 Å². The molecule has 0 amide bonds. The predicted octanol–water partition coefficient (Wildman–Crippen LogP) is 5.17. The molecule has 5 nitrogen and oxygen atoms in total. The van der Waals surface area contributed by atoms with Crippen molar-refractivity contribution in [2.75, 3.05) is 36.4 Å². The number of hydrogen-bond donors (Lipinski definition) is 2. The number of benzene rings is 2. The van der Waals surface area contributed by atoms with E-state index in [1.165, 1.54) is 11.8 Å². The number of nitrogens with one attached hydrogen (secondary N) is 2. The minimum atomic E-state index is -0.327. The van der Waals surface area contributed by atoms with E-state index in [1.807, 2.05) is 12.1 Å². The molecule has 1 saturated heterocycles. The molecule has 0 atom stereocenters. The summed E-state index contributed by atoms with van der Waals surface area (Å²) in [7, 11) is 0. The average Bonchev–Trinajstić information content (AvgIpc) is 2.83. The van der Waals surface area contributed by atoms with Gasteiger partial charge in [-0.15, -0.1) is 0 Å². The minimum Gasteiger partial charge on any atom is -0.369 e. The molecule has 4 aromatic rings. The topological polar surface area (TPSA) is 53.1 Å². The van der Waals surface area contributed by atoms with E-state index in [0.29, 0.717) is 22.8 Å². The molecule has 0 spiro atoms. The third-order valence-electron chi connectivity index (χ3n) is 5.72. The lowest BCUT2D eigenvalue weighted by atomic mass is 10.1. The first-order chi connectivity index (χ1) is 15.7. The smallest absolute Gasteiger partial charge is 0.140 e. The van der Waals surface area contributed by atoms with Gasteiger partial charge in [0.2, 0.25) is 0 Å². The van der Waals surface area contributed by atoms with Crippen molar-refractivity contribution < 1.29 is 4.39 Å². The lowest BCUT2D eigenvalue weighted by molar-refractivity contribution is 0.589. The Balaban J connectivity index is 1.45. The monoisotopic (exact) mass is 447 g/mol. The lowest BCUT2D eigenvalue weighted by Crippen LogP contribution is -2.43. The summed E-state index contributed by atoms with van der Waals surface area (Å²) in [6.45, 7) is 4.01. The predicted molar refractivity (Wildman–Crippen MR) is 129 cm³/mol. The van der Waals surface area contributed by atoms with E-state index in [-0.39, 0.29) is 5.82 Å². The van der Waals surface area contributed by atoms with Crippen LogP contribution in [-0.2, 0) is 6.42 Å². The van der Waals surface area contributed by atoms with Crippen LogP contribution in [0.4, 0.5) is 21.6 Å². The molecule has 3 heterocycles. The summed E-state index contributed by atoms with van der Waals surface area (Å²) in [4.78, 5) is 11.4. The van der Waals surface area contributed by atoms with Crippen molar-refractivity contribution in [1.29, 1.82) is 0 Å². The maximum atomic E-state index is 14.3. The van der Waals surface area contributed by atoms with Gasteiger partial charge >= 0.3 is 0 Å². The van der Waals surface area contributed by atoms with Gasteiger partial charge in [0.1, 0.15) is 11.6 Å². The van der Waals surface area contributed by atoms with Crippen LogP contribution in [0, 0.1) is 5.82 Å². The van der Waals surface area contributed by atoms with Crippen molar-refractivity contribution in [3.05, 3.63) is 89.1 Å². The Morgan fingerprint density at radius 3 is 2.66 bits per heavy atom. The van der Waals surface area contributed by atoms with Gasteiger partial charge in [0, 0.05) is 78.0 Å². The first kappa shape index (κ1) is 20.7. The van der Waals surface area contributed by atoms with Crippen molar-refractivity contribution in [2.45, 2.75) is 6.42 Å². The van der Waals surface area contributed by atoms with Gasteiger partial charge in [-0.3, -0.25) is 4.98 Å². The van der Waals surface area contributed by atoms with Gasteiger partial charge in [-0.05, 0) is 53.9 Å². The molecule has 2 N–H and O–H groups in total. The maximum Gasteiger partial charge on any atom is 0.140 e. The van der Waals surface area contributed by atoms with E-state index in [1.54, 1.807) is 24.5 Å². The molecule has 1 aliphatic rings. The van der Waals surface area contributed by atoms with Crippen molar-refractivity contribution in [3.8, 4) is 0 Å². The molecule has 0 bridgehead atoms. The average molecular weight is 448 g/mol. The van der Waals surface area contributed by atoms with Crippen LogP contribution < -0.4 is 15.5 Å². The molecular weight excluding hydrogens is 425 g/mol. The molecule has 162 valence electrons. The van der Waals surface area contributed by atoms with Gasteiger partial charge in [-0.2, -0.15) is 0 Å². The molecule has 0 aliphatic carbocycles. The molecular formula is C25H23ClFN5. The van der Waals surface area contributed by atoms with Crippen LogP contribution >= 0.6 is 11.6 Å². The largest absolute Gasteiger partial charge is 0.369 e. The van der Waals surface area contributed by atoms with Crippen LogP contribution in [0.25, 0.3) is 10.8 Å². The number of fused-ring (bicyclic) bond motifs is 1. The van der Waals surface area contributed by atoms with Crippen molar-refractivity contribution in [3.63, 3.8) is 0 Å². The molecule has 5 rings (SSSR count). The van der Waals surface area contributed by atoms with E-state index in [4.69, 9.17) is 16.6 Å². The van der Waals surface area contributed by atoms with E-state index in [0.717, 1.165) is 48.3 Å².